The van der Waals surface area contributed by atoms with Crippen LogP contribution in [-0.2, 0) is 10.2 Å². The lowest BCUT2D eigenvalue weighted by Gasteiger charge is -2.25. The summed E-state index contributed by atoms with van der Waals surface area (Å²) in [7, 11) is 0. The quantitative estimate of drug-likeness (QED) is 0.924. The molecule has 1 atom stereocenters. The third-order valence-corrected chi connectivity index (χ3v) is 4.81. The smallest absolute Gasteiger partial charge is 0.234 e. The molecule has 1 unspecified atom stereocenters. The number of rotatable bonds is 4. The summed E-state index contributed by atoms with van der Waals surface area (Å²) in [5.74, 6) is 0.195. The molecule has 1 saturated heterocycles. The fraction of sp³-hybridized carbons (Fsp3) is 0.632. The number of benzene rings is 1. The highest BCUT2D eigenvalue weighted by atomic mass is 16.2. The first-order valence-electron chi connectivity index (χ1n) is 8.57. The summed E-state index contributed by atoms with van der Waals surface area (Å²) in [6, 6.07) is 9.86. The van der Waals surface area contributed by atoms with E-state index in [0.29, 0.717) is 18.6 Å². The number of hydrogen-bond acceptors (Lipinski definition) is 2. The van der Waals surface area contributed by atoms with Gasteiger partial charge in [-0.25, -0.2) is 0 Å². The van der Waals surface area contributed by atoms with Crippen molar-refractivity contribution in [2.75, 3.05) is 13.1 Å². The second kappa shape index (κ2) is 6.04. The van der Waals surface area contributed by atoms with E-state index in [4.69, 9.17) is 0 Å². The number of carbonyl (C=O) groups excluding carboxylic acids is 1. The average Bonchev–Trinajstić information content (AvgIpc) is 3.14. The van der Waals surface area contributed by atoms with Crippen LogP contribution in [0.3, 0.4) is 0 Å². The van der Waals surface area contributed by atoms with Gasteiger partial charge in [0.1, 0.15) is 0 Å². The molecule has 0 radical (unpaired) electrons. The Kier molecular flexibility index (Phi) is 4.26. The summed E-state index contributed by atoms with van der Waals surface area (Å²) < 4.78 is 0. The topological polar surface area (TPSA) is 32.3 Å². The van der Waals surface area contributed by atoms with E-state index >= 15 is 0 Å². The van der Waals surface area contributed by atoms with Gasteiger partial charge < -0.3 is 5.32 Å². The fourth-order valence-corrected chi connectivity index (χ4v) is 3.28. The molecule has 1 aliphatic carbocycles. The Morgan fingerprint density at radius 1 is 1.18 bits per heavy atom. The molecule has 1 heterocycles. The van der Waals surface area contributed by atoms with Gasteiger partial charge in [-0.05, 0) is 48.8 Å². The maximum absolute atomic E-state index is 12.1. The zero-order valence-electron chi connectivity index (χ0n) is 14.1. The Balaban J connectivity index is 1.65. The minimum Gasteiger partial charge on any atom is -0.352 e. The molecule has 3 rings (SSSR count). The van der Waals surface area contributed by atoms with Crippen molar-refractivity contribution in [2.45, 2.75) is 64.0 Å². The van der Waals surface area contributed by atoms with Crippen LogP contribution in [0.25, 0.3) is 0 Å². The molecule has 0 aromatic heterocycles. The molecule has 2 aliphatic rings. The Hall–Kier alpha value is -1.35. The molecule has 0 bridgehead atoms. The molecule has 2 fully saturated rings. The van der Waals surface area contributed by atoms with Gasteiger partial charge in [-0.2, -0.15) is 0 Å². The van der Waals surface area contributed by atoms with Gasteiger partial charge in [-0.3, -0.25) is 9.69 Å². The van der Waals surface area contributed by atoms with Crippen molar-refractivity contribution in [3.05, 3.63) is 35.4 Å². The predicted molar refractivity (Wildman–Crippen MR) is 89.9 cm³/mol. The van der Waals surface area contributed by atoms with Crippen LogP contribution >= 0.6 is 0 Å². The van der Waals surface area contributed by atoms with E-state index in [0.717, 1.165) is 25.8 Å². The van der Waals surface area contributed by atoms with Crippen LogP contribution in [0.5, 0.6) is 0 Å². The second-order valence-electron chi connectivity index (χ2n) is 7.84. The lowest BCUT2D eigenvalue weighted by Crippen LogP contribution is -2.37. The summed E-state index contributed by atoms with van der Waals surface area (Å²) in [6.07, 6.45) is 4.65. The van der Waals surface area contributed by atoms with E-state index in [2.05, 4.69) is 55.3 Å². The number of nitrogens with zero attached hydrogens (tertiary/aromatic N) is 1. The van der Waals surface area contributed by atoms with Crippen LogP contribution in [-0.4, -0.2) is 29.9 Å². The van der Waals surface area contributed by atoms with Crippen LogP contribution in [0, 0.1) is 0 Å². The van der Waals surface area contributed by atoms with Gasteiger partial charge in [0, 0.05) is 12.1 Å². The van der Waals surface area contributed by atoms with Crippen molar-refractivity contribution in [2.24, 2.45) is 0 Å². The van der Waals surface area contributed by atoms with Crippen LogP contribution in [0.4, 0.5) is 0 Å². The maximum atomic E-state index is 12.1. The SMILES string of the molecule is CC(C)(C)c1ccc(C2CCCN2CC(=O)NC2CC2)cc1. The lowest BCUT2D eigenvalue weighted by molar-refractivity contribution is -0.122. The van der Waals surface area contributed by atoms with Gasteiger partial charge >= 0.3 is 0 Å². The monoisotopic (exact) mass is 300 g/mol. The molecule has 1 saturated carbocycles. The number of hydrogen-bond donors (Lipinski definition) is 1. The molecule has 22 heavy (non-hydrogen) atoms. The highest BCUT2D eigenvalue weighted by molar-refractivity contribution is 5.78. The normalized spacial score (nSPS) is 22.8. The van der Waals surface area contributed by atoms with Crippen LogP contribution < -0.4 is 5.32 Å². The van der Waals surface area contributed by atoms with Gasteiger partial charge in [-0.15, -0.1) is 0 Å². The van der Waals surface area contributed by atoms with Crippen molar-refractivity contribution in [1.82, 2.24) is 10.2 Å². The largest absolute Gasteiger partial charge is 0.352 e. The average molecular weight is 300 g/mol. The van der Waals surface area contributed by atoms with Crippen molar-refractivity contribution >= 4 is 5.91 Å². The van der Waals surface area contributed by atoms with E-state index in [9.17, 15) is 4.79 Å². The van der Waals surface area contributed by atoms with E-state index < -0.39 is 0 Å². The maximum Gasteiger partial charge on any atom is 0.234 e. The van der Waals surface area contributed by atoms with E-state index in [-0.39, 0.29) is 11.3 Å². The van der Waals surface area contributed by atoms with Gasteiger partial charge in [0.2, 0.25) is 5.91 Å². The standard InChI is InChI=1S/C19H28N2O/c1-19(2,3)15-8-6-14(7-9-15)17-5-4-12-21(17)13-18(22)20-16-10-11-16/h6-9,16-17H,4-5,10-13H2,1-3H3,(H,20,22). The van der Waals surface area contributed by atoms with Gasteiger partial charge in [0.05, 0.1) is 6.54 Å². The fourth-order valence-electron chi connectivity index (χ4n) is 3.28. The molecule has 1 amide bonds. The zero-order valence-corrected chi connectivity index (χ0v) is 14.1. The van der Waals surface area contributed by atoms with Crippen LogP contribution in [0.1, 0.15) is 63.6 Å². The molecule has 1 N–H and O–H groups in total. The first kappa shape index (κ1) is 15.5. The molecular weight excluding hydrogens is 272 g/mol. The third-order valence-electron chi connectivity index (χ3n) is 4.81. The Bertz CT molecular complexity index is 525. The molecule has 1 aliphatic heterocycles. The number of carbonyl (C=O) groups is 1. The third kappa shape index (κ3) is 3.70. The van der Waals surface area contributed by atoms with E-state index in [1.165, 1.54) is 17.5 Å². The minimum atomic E-state index is 0.193. The summed E-state index contributed by atoms with van der Waals surface area (Å²) in [5, 5.41) is 3.10. The predicted octanol–water partition coefficient (Wildman–Crippen LogP) is 3.40. The first-order chi connectivity index (χ1) is 10.4. The molecule has 1 aromatic rings. The highest BCUT2D eigenvalue weighted by Gasteiger charge is 2.30. The van der Waals surface area contributed by atoms with Crippen LogP contribution in [0.15, 0.2) is 24.3 Å². The number of nitrogens with one attached hydrogen (secondary N) is 1. The van der Waals surface area contributed by atoms with Gasteiger partial charge in [0.25, 0.3) is 0 Å². The number of amides is 1. The summed E-state index contributed by atoms with van der Waals surface area (Å²) >= 11 is 0. The van der Waals surface area contributed by atoms with Crippen molar-refractivity contribution in [3.8, 4) is 0 Å². The molecular formula is C19H28N2O. The van der Waals surface area contributed by atoms with E-state index in [1.54, 1.807) is 0 Å². The minimum absolute atomic E-state index is 0.193. The lowest BCUT2D eigenvalue weighted by atomic mass is 9.86. The summed E-state index contributed by atoms with van der Waals surface area (Å²) in [6.45, 7) is 8.30. The number of likely N-dealkylation sites (tertiary alicyclic amines) is 1. The van der Waals surface area contributed by atoms with Crippen molar-refractivity contribution < 1.29 is 4.79 Å². The molecule has 120 valence electrons. The first-order valence-corrected chi connectivity index (χ1v) is 8.57. The van der Waals surface area contributed by atoms with Crippen molar-refractivity contribution in [1.29, 1.82) is 0 Å². The Morgan fingerprint density at radius 2 is 1.86 bits per heavy atom. The molecule has 0 spiro atoms. The molecule has 1 aromatic carbocycles. The second-order valence-corrected chi connectivity index (χ2v) is 7.84. The zero-order chi connectivity index (χ0) is 15.7. The molecule has 3 heteroatoms. The highest BCUT2D eigenvalue weighted by Crippen LogP contribution is 2.33. The van der Waals surface area contributed by atoms with E-state index in [1.807, 2.05) is 0 Å². The Labute approximate surface area is 134 Å². The van der Waals surface area contributed by atoms with Crippen molar-refractivity contribution in [3.63, 3.8) is 0 Å². The van der Waals surface area contributed by atoms with Gasteiger partial charge in [0.15, 0.2) is 0 Å². The van der Waals surface area contributed by atoms with Gasteiger partial charge in [-0.1, -0.05) is 45.0 Å². The summed E-state index contributed by atoms with van der Waals surface area (Å²) in [5.41, 5.74) is 2.91. The van der Waals surface area contributed by atoms with Crippen LogP contribution in [0.2, 0.25) is 0 Å². The summed E-state index contributed by atoms with van der Waals surface area (Å²) in [4.78, 5) is 14.4. The molecule has 3 nitrogen and oxygen atoms in total. The Morgan fingerprint density at radius 3 is 2.45 bits per heavy atom.